The van der Waals surface area contributed by atoms with E-state index in [1.807, 2.05) is 0 Å². The number of rotatable bonds is 14. The van der Waals surface area contributed by atoms with E-state index in [2.05, 4.69) is 16.0 Å². The van der Waals surface area contributed by atoms with Crippen molar-refractivity contribution in [2.75, 3.05) is 6.54 Å². The first kappa shape index (κ1) is 26.8. The molecule has 0 rings (SSSR count). The maximum Gasteiger partial charge on any atom is 0.326 e. The summed E-state index contributed by atoms with van der Waals surface area (Å²) in [6.07, 6.45) is -0.654. The summed E-state index contributed by atoms with van der Waals surface area (Å²) in [6, 6.07) is -3.87. The second kappa shape index (κ2) is 13.1. The molecule has 0 spiro atoms. The summed E-state index contributed by atoms with van der Waals surface area (Å²) in [5, 5.41) is 24.6. The quantitative estimate of drug-likeness (QED) is 0.151. The van der Waals surface area contributed by atoms with Gasteiger partial charge in [-0.3, -0.25) is 24.0 Å². The van der Waals surface area contributed by atoms with Gasteiger partial charge in [0.05, 0.1) is 19.0 Å². The van der Waals surface area contributed by atoms with E-state index in [9.17, 15) is 33.9 Å². The summed E-state index contributed by atoms with van der Waals surface area (Å²) in [6.45, 7) is 2.83. The zero-order chi connectivity index (χ0) is 23.4. The smallest absolute Gasteiger partial charge is 0.326 e. The Morgan fingerprint density at radius 1 is 1.00 bits per heavy atom. The van der Waals surface area contributed by atoms with Crippen LogP contribution in [-0.4, -0.2) is 70.5 Å². The van der Waals surface area contributed by atoms with Crippen LogP contribution < -0.4 is 27.4 Å². The topological polar surface area (TPSA) is 231 Å². The number of carbonyl (C=O) groups is 6. The Hall–Kier alpha value is -3.22. The predicted molar refractivity (Wildman–Crippen MR) is 103 cm³/mol. The first-order valence-electron chi connectivity index (χ1n) is 9.24. The fourth-order valence-corrected chi connectivity index (χ4v) is 2.31. The molecule has 13 nitrogen and oxygen atoms in total. The van der Waals surface area contributed by atoms with Gasteiger partial charge in [-0.1, -0.05) is 20.3 Å². The van der Waals surface area contributed by atoms with Crippen LogP contribution in [0.4, 0.5) is 0 Å². The molecule has 0 heterocycles. The number of nitrogens with two attached hydrogens (primary N) is 2. The van der Waals surface area contributed by atoms with E-state index in [0.717, 1.165) is 0 Å². The number of amides is 4. The lowest BCUT2D eigenvalue weighted by Crippen LogP contribution is -2.54. The summed E-state index contributed by atoms with van der Waals surface area (Å²) in [4.78, 5) is 69.2. The lowest BCUT2D eigenvalue weighted by molar-refractivity contribution is -0.143. The Kier molecular flexibility index (Phi) is 11.7. The van der Waals surface area contributed by atoms with Crippen molar-refractivity contribution in [3.63, 3.8) is 0 Å². The van der Waals surface area contributed by atoms with Crippen molar-refractivity contribution < 1.29 is 39.0 Å². The summed E-state index contributed by atoms with van der Waals surface area (Å²) in [7, 11) is 0. The maximum atomic E-state index is 12.3. The third-order valence-corrected chi connectivity index (χ3v) is 4.26. The van der Waals surface area contributed by atoms with Crippen molar-refractivity contribution in [1.82, 2.24) is 16.0 Å². The average molecular weight is 431 g/mol. The molecule has 0 saturated carbocycles. The SMILES string of the molecule is CCC(C)C(NC(=O)CNC(=O)C(CCC(N)=O)NC(=O)C(N)CC(=O)O)C(=O)O. The molecule has 0 saturated heterocycles. The molecule has 170 valence electrons. The Morgan fingerprint density at radius 3 is 2.07 bits per heavy atom. The molecule has 0 aromatic heterocycles. The minimum atomic E-state index is -1.43. The van der Waals surface area contributed by atoms with Crippen LogP contribution >= 0.6 is 0 Å². The summed E-state index contributed by atoms with van der Waals surface area (Å²) in [5.41, 5.74) is 10.5. The molecule has 0 bridgehead atoms. The van der Waals surface area contributed by atoms with E-state index < -0.39 is 66.7 Å². The van der Waals surface area contributed by atoms with Gasteiger partial charge in [0.15, 0.2) is 0 Å². The van der Waals surface area contributed by atoms with Crippen LogP contribution in [0.1, 0.15) is 39.5 Å². The molecule has 0 aliphatic rings. The zero-order valence-electron chi connectivity index (χ0n) is 16.8. The number of aliphatic carboxylic acids is 2. The Balaban J connectivity index is 4.96. The number of hydrogen-bond acceptors (Lipinski definition) is 7. The predicted octanol–water partition coefficient (Wildman–Crippen LogP) is -2.73. The molecule has 0 fully saturated rings. The fraction of sp³-hybridized carbons (Fsp3) is 0.647. The number of primary amides is 1. The highest BCUT2D eigenvalue weighted by Gasteiger charge is 2.27. The molecule has 13 heteroatoms. The number of carboxylic acid groups (broad SMARTS) is 2. The normalized spacial score (nSPS) is 14.5. The first-order valence-corrected chi connectivity index (χ1v) is 9.24. The van der Waals surface area contributed by atoms with Crippen LogP contribution in [0.15, 0.2) is 0 Å². The van der Waals surface area contributed by atoms with Gasteiger partial charge in [0.25, 0.3) is 0 Å². The molecule has 4 amide bonds. The van der Waals surface area contributed by atoms with E-state index in [0.29, 0.717) is 6.42 Å². The molecule has 0 aromatic rings. The molecule has 9 N–H and O–H groups in total. The summed E-state index contributed by atoms with van der Waals surface area (Å²) < 4.78 is 0. The highest BCUT2D eigenvalue weighted by molar-refractivity contribution is 5.93. The van der Waals surface area contributed by atoms with E-state index >= 15 is 0 Å². The zero-order valence-corrected chi connectivity index (χ0v) is 16.8. The van der Waals surface area contributed by atoms with E-state index in [-0.39, 0.29) is 18.8 Å². The Labute approximate surface area is 172 Å². The van der Waals surface area contributed by atoms with Gasteiger partial charge in [-0.2, -0.15) is 0 Å². The lowest BCUT2D eigenvalue weighted by atomic mass is 9.99. The van der Waals surface area contributed by atoms with Crippen molar-refractivity contribution in [3.05, 3.63) is 0 Å². The van der Waals surface area contributed by atoms with Gasteiger partial charge in [-0.05, 0) is 12.3 Å². The summed E-state index contributed by atoms with van der Waals surface area (Å²) >= 11 is 0. The van der Waals surface area contributed by atoms with Crippen molar-refractivity contribution in [2.24, 2.45) is 17.4 Å². The monoisotopic (exact) mass is 431 g/mol. The lowest BCUT2D eigenvalue weighted by Gasteiger charge is -2.22. The highest BCUT2D eigenvalue weighted by atomic mass is 16.4. The van der Waals surface area contributed by atoms with E-state index in [4.69, 9.17) is 16.6 Å². The Morgan fingerprint density at radius 2 is 1.60 bits per heavy atom. The van der Waals surface area contributed by atoms with Crippen molar-refractivity contribution in [2.45, 2.75) is 57.7 Å². The van der Waals surface area contributed by atoms with E-state index in [1.54, 1.807) is 13.8 Å². The molecule has 0 aliphatic heterocycles. The summed E-state index contributed by atoms with van der Waals surface area (Å²) in [5.74, 6) is -6.18. The highest BCUT2D eigenvalue weighted by Crippen LogP contribution is 2.07. The van der Waals surface area contributed by atoms with Gasteiger partial charge in [0.2, 0.25) is 23.6 Å². The number of carboxylic acids is 2. The minimum Gasteiger partial charge on any atom is -0.481 e. The van der Waals surface area contributed by atoms with Gasteiger partial charge in [-0.15, -0.1) is 0 Å². The van der Waals surface area contributed by atoms with Gasteiger partial charge >= 0.3 is 11.9 Å². The molecular formula is C17H29N5O8. The standard InChI is InChI=1S/C17H29N5O8/c1-3-8(2)14(17(29)30)22-12(24)7-20-16(28)10(4-5-11(19)23)21-15(27)9(18)6-13(25)26/h8-10,14H,3-7,18H2,1-2H3,(H2,19,23)(H,20,28)(H,21,27)(H,22,24)(H,25,26)(H,29,30). The maximum absolute atomic E-state index is 12.3. The van der Waals surface area contributed by atoms with Gasteiger partial charge < -0.3 is 37.6 Å². The van der Waals surface area contributed by atoms with Crippen LogP contribution in [-0.2, 0) is 28.8 Å². The molecule has 0 radical (unpaired) electrons. The second-order valence-electron chi connectivity index (χ2n) is 6.76. The fourth-order valence-electron chi connectivity index (χ4n) is 2.31. The third kappa shape index (κ3) is 10.4. The first-order chi connectivity index (χ1) is 13.9. The van der Waals surface area contributed by atoms with Crippen molar-refractivity contribution in [3.8, 4) is 0 Å². The molecule has 30 heavy (non-hydrogen) atoms. The van der Waals surface area contributed by atoms with Crippen molar-refractivity contribution in [1.29, 1.82) is 0 Å². The molecule has 0 aliphatic carbocycles. The number of nitrogens with one attached hydrogen (secondary N) is 3. The molecule has 4 atom stereocenters. The molecule has 0 aromatic carbocycles. The van der Waals surface area contributed by atoms with Crippen molar-refractivity contribution >= 4 is 35.6 Å². The van der Waals surface area contributed by atoms with Gasteiger partial charge in [0, 0.05) is 6.42 Å². The number of carbonyl (C=O) groups excluding carboxylic acids is 4. The van der Waals surface area contributed by atoms with Gasteiger partial charge in [0.1, 0.15) is 12.1 Å². The van der Waals surface area contributed by atoms with Gasteiger partial charge in [-0.25, -0.2) is 4.79 Å². The molecule has 4 unspecified atom stereocenters. The average Bonchev–Trinajstić information content (AvgIpc) is 2.65. The van der Waals surface area contributed by atoms with Crippen LogP contribution in [0.5, 0.6) is 0 Å². The van der Waals surface area contributed by atoms with Crippen LogP contribution in [0.3, 0.4) is 0 Å². The molecular weight excluding hydrogens is 402 g/mol. The van der Waals surface area contributed by atoms with E-state index in [1.165, 1.54) is 0 Å². The van der Waals surface area contributed by atoms with Crippen LogP contribution in [0.2, 0.25) is 0 Å². The second-order valence-corrected chi connectivity index (χ2v) is 6.76. The third-order valence-electron chi connectivity index (χ3n) is 4.26. The minimum absolute atomic E-state index is 0.209. The van der Waals surface area contributed by atoms with Crippen LogP contribution in [0.25, 0.3) is 0 Å². The number of hydrogen-bond donors (Lipinski definition) is 7. The van der Waals surface area contributed by atoms with Crippen LogP contribution in [0, 0.1) is 5.92 Å². The largest absolute Gasteiger partial charge is 0.481 e. The Bertz CT molecular complexity index is 669.